The van der Waals surface area contributed by atoms with E-state index in [0.29, 0.717) is 6.54 Å². The maximum absolute atomic E-state index is 13.6. The summed E-state index contributed by atoms with van der Waals surface area (Å²) in [6.45, 7) is 0.580. The molecule has 0 spiro atoms. The number of carbonyl (C=O) groups excluding carboxylic acids is 1. The van der Waals surface area contributed by atoms with Gasteiger partial charge in [-0.15, -0.1) is 0 Å². The number of urea groups is 1. The SMILES string of the molecule is CN(C)c1ccc(C2c3cccn3-c3ccccc3CN2C(=O)NC2CCCC2)cc1. The minimum Gasteiger partial charge on any atom is -0.378 e. The van der Waals surface area contributed by atoms with Crippen molar-refractivity contribution < 1.29 is 4.79 Å². The zero-order chi connectivity index (χ0) is 21.4. The number of nitrogens with zero attached hydrogens (tertiary/aromatic N) is 3. The lowest BCUT2D eigenvalue weighted by atomic mass is 10.0. The standard InChI is InChI=1S/C26H30N4O/c1-28(2)22-15-13-19(14-16-22)25-24-12-7-17-29(24)23-11-6-3-8-20(23)18-30(25)26(31)27-21-9-4-5-10-21/h3,6-8,11-17,21,25H,4-5,9-10,18H2,1-2H3,(H,27,31). The molecule has 0 radical (unpaired) electrons. The number of aromatic nitrogens is 1. The highest BCUT2D eigenvalue weighted by Gasteiger charge is 2.34. The van der Waals surface area contributed by atoms with Crippen LogP contribution >= 0.6 is 0 Å². The van der Waals surface area contributed by atoms with E-state index in [9.17, 15) is 4.79 Å². The molecule has 1 atom stereocenters. The molecule has 0 saturated heterocycles. The summed E-state index contributed by atoms with van der Waals surface area (Å²) in [7, 11) is 4.09. The topological polar surface area (TPSA) is 40.5 Å². The quantitative estimate of drug-likeness (QED) is 0.648. The fourth-order valence-electron chi connectivity index (χ4n) is 4.97. The number of amides is 2. The van der Waals surface area contributed by atoms with Crippen molar-refractivity contribution in [2.24, 2.45) is 0 Å². The summed E-state index contributed by atoms with van der Waals surface area (Å²) < 4.78 is 2.24. The first kappa shape index (κ1) is 19.7. The molecule has 1 aromatic heterocycles. The van der Waals surface area contributed by atoms with Crippen LogP contribution in [-0.2, 0) is 6.54 Å². The Labute approximate surface area is 184 Å². The average molecular weight is 415 g/mol. The molecule has 160 valence electrons. The lowest BCUT2D eigenvalue weighted by Gasteiger charge is -2.32. The molecule has 2 heterocycles. The van der Waals surface area contributed by atoms with Crippen LogP contribution in [-0.4, -0.2) is 35.6 Å². The van der Waals surface area contributed by atoms with Gasteiger partial charge >= 0.3 is 6.03 Å². The highest BCUT2D eigenvalue weighted by molar-refractivity contribution is 5.76. The monoisotopic (exact) mass is 414 g/mol. The van der Waals surface area contributed by atoms with Crippen molar-refractivity contribution >= 4 is 11.7 Å². The summed E-state index contributed by atoms with van der Waals surface area (Å²) in [5, 5.41) is 3.33. The third-order valence-electron chi connectivity index (χ3n) is 6.63. The van der Waals surface area contributed by atoms with Crippen LogP contribution in [0.5, 0.6) is 0 Å². The Balaban J connectivity index is 1.60. The minimum absolute atomic E-state index is 0.0260. The lowest BCUT2D eigenvalue weighted by molar-refractivity contribution is 0.176. The van der Waals surface area contributed by atoms with Crippen molar-refractivity contribution in [2.75, 3.05) is 19.0 Å². The third-order valence-corrected chi connectivity index (χ3v) is 6.63. The maximum atomic E-state index is 13.6. The first-order valence-electron chi connectivity index (χ1n) is 11.2. The number of rotatable bonds is 3. The highest BCUT2D eigenvalue weighted by atomic mass is 16.2. The summed E-state index contributed by atoms with van der Waals surface area (Å²) >= 11 is 0. The largest absolute Gasteiger partial charge is 0.378 e. The van der Waals surface area contributed by atoms with Gasteiger partial charge in [0.2, 0.25) is 0 Å². The number of para-hydroxylation sites is 1. The van der Waals surface area contributed by atoms with Crippen LogP contribution in [0.15, 0.2) is 66.9 Å². The Morgan fingerprint density at radius 3 is 2.45 bits per heavy atom. The molecule has 5 heteroatoms. The molecule has 0 bridgehead atoms. The van der Waals surface area contributed by atoms with Gasteiger partial charge in [-0.3, -0.25) is 0 Å². The number of nitrogens with one attached hydrogen (secondary N) is 1. The van der Waals surface area contributed by atoms with Crippen LogP contribution in [0.3, 0.4) is 0 Å². The Morgan fingerprint density at radius 1 is 0.968 bits per heavy atom. The van der Waals surface area contributed by atoms with Crippen LogP contribution in [0.4, 0.5) is 10.5 Å². The molecule has 5 nitrogen and oxygen atoms in total. The highest BCUT2D eigenvalue weighted by Crippen LogP contribution is 2.37. The molecule has 1 saturated carbocycles. The number of fused-ring (bicyclic) bond motifs is 3. The van der Waals surface area contributed by atoms with Gasteiger partial charge < -0.3 is 19.7 Å². The second-order valence-corrected chi connectivity index (χ2v) is 8.88. The van der Waals surface area contributed by atoms with E-state index in [1.165, 1.54) is 12.8 Å². The van der Waals surface area contributed by atoms with Gasteiger partial charge in [0, 0.05) is 37.7 Å². The fraction of sp³-hybridized carbons (Fsp3) is 0.346. The molecule has 3 aromatic rings. The summed E-state index contributed by atoms with van der Waals surface area (Å²) in [5.74, 6) is 0. The predicted molar refractivity (Wildman–Crippen MR) is 125 cm³/mol. The van der Waals surface area contributed by atoms with E-state index in [2.05, 4.69) is 81.6 Å². The zero-order valence-corrected chi connectivity index (χ0v) is 18.3. The molecule has 1 fully saturated rings. The first-order chi connectivity index (χ1) is 15.1. The molecule has 31 heavy (non-hydrogen) atoms. The number of anilines is 1. The maximum Gasteiger partial charge on any atom is 0.318 e. The van der Waals surface area contributed by atoms with E-state index < -0.39 is 0 Å². The summed E-state index contributed by atoms with van der Waals surface area (Å²) in [5.41, 5.74) is 5.70. The Hall–Kier alpha value is -3.21. The van der Waals surface area contributed by atoms with Gasteiger partial charge in [-0.25, -0.2) is 4.79 Å². The predicted octanol–water partition coefficient (Wildman–Crippen LogP) is 5.10. The van der Waals surface area contributed by atoms with Gasteiger partial charge in [0.1, 0.15) is 0 Å². The first-order valence-corrected chi connectivity index (χ1v) is 11.2. The van der Waals surface area contributed by atoms with E-state index in [1.807, 2.05) is 19.0 Å². The van der Waals surface area contributed by atoms with Crippen molar-refractivity contribution in [3.05, 3.63) is 83.7 Å². The van der Waals surface area contributed by atoms with Crippen molar-refractivity contribution in [1.29, 1.82) is 0 Å². The molecule has 2 aliphatic rings. The van der Waals surface area contributed by atoms with Gasteiger partial charge in [-0.1, -0.05) is 43.2 Å². The van der Waals surface area contributed by atoms with Crippen LogP contribution in [0, 0.1) is 0 Å². The fourth-order valence-corrected chi connectivity index (χ4v) is 4.97. The second-order valence-electron chi connectivity index (χ2n) is 8.88. The number of hydrogen-bond acceptors (Lipinski definition) is 2. The van der Waals surface area contributed by atoms with Gasteiger partial charge in [0.15, 0.2) is 0 Å². The zero-order valence-electron chi connectivity index (χ0n) is 18.3. The summed E-state index contributed by atoms with van der Waals surface area (Å²) in [6, 6.07) is 21.4. The summed E-state index contributed by atoms with van der Waals surface area (Å²) in [4.78, 5) is 17.7. The van der Waals surface area contributed by atoms with E-state index in [-0.39, 0.29) is 18.1 Å². The van der Waals surface area contributed by atoms with E-state index in [1.54, 1.807) is 0 Å². The minimum atomic E-state index is -0.153. The molecule has 1 unspecified atom stereocenters. The van der Waals surface area contributed by atoms with Crippen molar-refractivity contribution in [1.82, 2.24) is 14.8 Å². The molecular formula is C26H30N4O. The summed E-state index contributed by atoms with van der Waals surface area (Å²) in [6.07, 6.45) is 6.66. The van der Waals surface area contributed by atoms with E-state index in [4.69, 9.17) is 0 Å². The van der Waals surface area contributed by atoms with Crippen LogP contribution < -0.4 is 10.2 Å². The Bertz CT molecular complexity index is 1060. The van der Waals surface area contributed by atoms with E-state index in [0.717, 1.165) is 41.0 Å². The van der Waals surface area contributed by atoms with Gasteiger partial charge in [0.05, 0.1) is 18.3 Å². The second kappa shape index (κ2) is 8.14. The van der Waals surface area contributed by atoms with Crippen molar-refractivity contribution in [2.45, 2.75) is 44.3 Å². The van der Waals surface area contributed by atoms with Crippen LogP contribution in [0.1, 0.15) is 48.5 Å². The van der Waals surface area contributed by atoms with Gasteiger partial charge in [-0.2, -0.15) is 0 Å². The normalized spacial score (nSPS) is 18.3. The molecule has 5 rings (SSSR count). The van der Waals surface area contributed by atoms with E-state index >= 15 is 0 Å². The van der Waals surface area contributed by atoms with Crippen LogP contribution in [0.25, 0.3) is 5.69 Å². The molecule has 1 N–H and O–H groups in total. The molecule has 1 aliphatic heterocycles. The van der Waals surface area contributed by atoms with Gasteiger partial charge in [0.25, 0.3) is 0 Å². The molecule has 1 aliphatic carbocycles. The average Bonchev–Trinajstić information content (AvgIpc) is 3.44. The number of hydrogen-bond donors (Lipinski definition) is 1. The number of benzene rings is 2. The number of carbonyl (C=O) groups is 1. The lowest BCUT2D eigenvalue weighted by Crippen LogP contribution is -2.45. The molecular weight excluding hydrogens is 384 g/mol. The molecule has 2 amide bonds. The third kappa shape index (κ3) is 3.69. The van der Waals surface area contributed by atoms with Gasteiger partial charge in [-0.05, 0) is 54.3 Å². The Morgan fingerprint density at radius 2 is 1.71 bits per heavy atom. The smallest absolute Gasteiger partial charge is 0.318 e. The molecule has 2 aromatic carbocycles. The van der Waals surface area contributed by atoms with Crippen molar-refractivity contribution in [3.63, 3.8) is 0 Å². The van der Waals surface area contributed by atoms with Crippen molar-refractivity contribution in [3.8, 4) is 5.69 Å². The van der Waals surface area contributed by atoms with Crippen LogP contribution in [0.2, 0.25) is 0 Å². The Kier molecular flexibility index (Phi) is 5.18.